The van der Waals surface area contributed by atoms with Crippen LogP contribution in [0.1, 0.15) is 15.9 Å². The summed E-state index contributed by atoms with van der Waals surface area (Å²) in [6.45, 7) is 1.16. The molecule has 8 heteroatoms. The number of imidazole rings is 1. The fraction of sp³-hybridized carbons (Fsp3) is 0.115. The van der Waals surface area contributed by atoms with Crippen molar-refractivity contribution in [1.82, 2.24) is 14.5 Å². The lowest BCUT2D eigenvalue weighted by Gasteiger charge is -2.13. The number of hydrogen-bond acceptors (Lipinski definition) is 6. The van der Waals surface area contributed by atoms with Gasteiger partial charge in [-0.3, -0.25) is 4.79 Å². The Kier molecular flexibility index (Phi) is 6.88. The second-order valence-corrected chi connectivity index (χ2v) is 9.79. The average molecular weight is 487 g/mol. The maximum atomic E-state index is 12.8. The van der Waals surface area contributed by atoms with E-state index in [2.05, 4.69) is 21.4 Å². The number of carbonyl (C=O) groups excluding carboxylic acids is 1. The first-order valence-electron chi connectivity index (χ1n) is 10.8. The second kappa shape index (κ2) is 10.5. The van der Waals surface area contributed by atoms with E-state index < -0.39 is 0 Å². The molecular formula is C26H22N4O2S2. The summed E-state index contributed by atoms with van der Waals surface area (Å²) in [5.41, 5.74) is 3.42. The third-order valence-electron chi connectivity index (χ3n) is 5.15. The van der Waals surface area contributed by atoms with Gasteiger partial charge in [-0.15, -0.1) is 11.3 Å². The van der Waals surface area contributed by atoms with Crippen molar-refractivity contribution in [3.8, 4) is 5.75 Å². The van der Waals surface area contributed by atoms with Crippen LogP contribution in [0.15, 0.2) is 95.9 Å². The Morgan fingerprint density at radius 3 is 2.68 bits per heavy atom. The van der Waals surface area contributed by atoms with Crippen LogP contribution >= 0.6 is 23.1 Å². The quantitative estimate of drug-likeness (QED) is 0.254. The van der Waals surface area contributed by atoms with Gasteiger partial charge < -0.3 is 14.6 Å². The standard InChI is InChI=1S/C26H22N4O2S2/c31-25(28-21-5-1-3-7-23(21)32-16-15-30-14-13-27-18-30)20-11-9-19(10-12-20)17-33-26-29-22-6-2-4-8-24(22)34-26/h1-14,18H,15-17H2,(H,28,31). The number of para-hydroxylation sites is 3. The number of amides is 1. The zero-order valence-corrected chi connectivity index (χ0v) is 19.9. The Labute approximate surface area is 205 Å². The maximum absolute atomic E-state index is 12.8. The third-order valence-corrected chi connectivity index (χ3v) is 7.40. The van der Waals surface area contributed by atoms with Gasteiger partial charge in [0.25, 0.3) is 5.91 Å². The Morgan fingerprint density at radius 2 is 1.85 bits per heavy atom. The summed E-state index contributed by atoms with van der Waals surface area (Å²) in [5.74, 6) is 1.27. The smallest absolute Gasteiger partial charge is 0.255 e. The molecule has 2 heterocycles. The van der Waals surface area contributed by atoms with Gasteiger partial charge in [0.2, 0.25) is 0 Å². The SMILES string of the molecule is O=C(Nc1ccccc1OCCn1ccnc1)c1ccc(CSc2nc3ccccc3s2)cc1. The number of carbonyl (C=O) groups is 1. The number of aromatic nitrogens is 3. The van der Waals surface area contributed by atoms with Crippen LogP contribution in [-0.4, -0.2) is 27.0 Å². The molecule has 1 N–H and O–H groups in total. The predicted octanol–water partition coefficient (Wildman–Crippen LogP) is 6.12. The van der Waals surface area contributed by atoms with E-state index in [9.17, 15) is 4.79 Å². The van der Waals surface area contributed by atoms with Crippen LogP contribution in [0.25, 0.3) is 10.2 Å². The minimum atomic E-state index is -0.170. The molecule has 3 aromatic carbocycles. The highest BCUT2D eigenvalue weighted by Gasteiger charge is 2.11. The fourth-order valence-electron chi connectivity index (χ4n) is 3.38. The lowest BCUT2D eigenvalue weighted by molar-refractivity contribution is 0.102. The van der Waals surface area contributed by atoms with E-state index in [0.717, 1.165) is 21.2 Å². The monoisotopic (exact) mass is 486 g/mol. The molecule has 5 aromatic rings. The van der Waals surface area contributed by atoms with E-state index in [1.807, 2.05) is 77.5 Å². The van der Waals surface area contributed by atoms with Crippen LogP contribution in [0.4, 0.5) is 5.69 Å². The lowest BCUT2D eigenvalue weighted by atomic mass is 10.1. The maximum Gasteiger partial charge on any atom is 0.255 e. The van der Waals surface area contributed by atoms with Gasteiger partial charge in [-0.2, -0.15) is 0 Å². The number of anilines is 1. The zero-order valence-electron chi connectivity index (χ0n) is 18.3. The lowest BCUT2D eigenvalue weighted by Crippen LogP contribution is -2.14. The Bertz CT molecular complexity index is 1350. The van der Waals surface area contributed by atoms with E-state index in [-0.39, 0.29) is 5.91 Å². The fourth-order valence-corrected chi connectivity index (χ4v) is 5.40. The summed E-state index contributed by atoms with van der Waals surface area (Å²) in [5, 5.41) is 2.97. The van der Waals surface area contributed by atoms with Crippen LogP contribution in [0.5, 0.6) is 5.75 Å². The summed E-state index contributed by atoms with van der Waals surface area (Å²) in [6, 6.07) is 23.3. The van der Waals surface area contributed by atoms with Gasteiger partial charge in [-0.25, -0.2) is 9.97 Å². The molecule has 0 spiro atoms. The van der Waals surface area contributed by atoms with Crippen molar-refractivity contribution in [1.29, 1.82) is 0 Å². The number of fused-ring (bicyclic) bond motifs is 1. The molecule has 34 heavy (non-hydrogen) atoms. The molecule has 0 radical (unpaired) electrons. The molecule has 0 fully saturated rings. The topological polar surface area (TPSA) is 69.0 Å². The Balaban J connectivity index is 1.17. The molecule has 1 amide bonds. The van der Waals surface area contributed by atoms with Crippen LogP contribution in [0.3, 0.4) is 0 Å². The van der Waals surface area contributed by atoms with Crippen molar-refractivity contribution in [2.75, 3.05) is 11.9 Å². The highest BCUT2D eigenvalue weighted by Crippen LogP contribution is 2.31. The van der Waals surface area contributed by atoms with Gasteiger partial charge in [0.05, 0.1) is 28.8 Å². The molecule has 0 saturated carbocycles. The van der Waals surface area contributed by atoms with Gasteiger partial charge in [0.15, 0.2) is 4.34 Å². The average Bonchev–Trinajstić information content (AvgIpc) is 3.54. The van der Waals surface area contributed by atoms with Gasteiger partial charge in [0, 0.05) is 23.7 Å². The predicted molar refractivity (Wildman–Crippen MR) is 138 cm³/mol. The Morgan fingerprint density at radius 1 is 1.03 bits per heavy atom. The van der Waals surface area contributed by atoms with Crippen molar-refractivity contribution >= 4 is 44.9 Å². The van der Waals surface area contributed by atoms with Crippen LogP contribution in [-0.2, 0) is 12.3 Å². The molecule has 170 valence electrons. The van der Waals surface area contributed by atoms with Gasteiger partial charge >= 0.3 is 0 Å². The van der Waals surface area contributed by atoms with Crippen LogP contribution in [0, 0.1) is 0 Å². The largest absolute Gasteiger partial charge is 0.490 e. The normalized spacial score (nSPS) is 10.9. The highest BCUT2D eigenvalue weighted by molar-refractivity contribution is 8.00. The number of ether oxygens (including phenoxy) is 1. The number of thiazole rings is 1. The summed E-state index contributed by atoms with van der Waals surface area (Å²) >= 11 is 3.41. The number of nitrogens with one attached hydrogen (secondary N) is 1. The first kappa shape index (κ1) is 22.2. The van der Waals surface area contributed by atoms with Crippen molar-refractivity contribution in [3.63, 3.8) is 0 Å². The van der Waals surface area contributed by atoms with Gasteiger partial charge in [-0.1, -0.05) is 48.2 Å². The molecule has 6 nitrogen and oxygen atoms in total. The second-order valence-electron chi connectivity index (χ2n) is 7.53. The summed E-state index contributed by atoms with van der Waals surface area (Å²) < 4.78 is 10.1. The molecule has 0 saturated heterocycles. The molecule has 0 aliphatic heterocycles. The minimum absolute atomic E-state index is 0.170. The molecule has 5 rings (SSSR count). The zero-order chi connectivity index (χ0) is 23.2. The number of rotatable bonds is 9. The van der Waals surface area contributed by atoms with E-state index in [0.29, 0.717) is 30.2 Å². The molecule has 0 bridgehead atoms. The van der Waals surface area contributed by atoms with Crippen LogP contribution in [0.2, 0.25) is 0 Å². The van der Waals surface area contributed by atoms with Crippen LogP contribution < -0.4 is 10.1 Å². The van der Waals surface area contributed by atoms with E-state index in [1.165, 1.54) is 4.70 Å². The minimum Gasteiger partial charge on any atom is -0.490 e. The first-order valence-corrected chi connectivity index (χ1v) is 12.6. The number of benzene rings is 3. The van der Waals surface area contributed by atoms with Crippen molar-refractivity contribution in [3.05, 3.63) is 103 Å². The van der Waals surface area contributed by atoms with E-state index in [4.69, 9.17) is 4.74 Å². The van der Waals surface area contributed by atoms with Crippen molar-refractivity contribution in [2.24, 2.45) is 0 Å². The molecule has 0 aliphatic carbocycles. The molecule has 0 unspecified atom stereocenters. The number of thioether (sulfide) groups is 1. The van der Waals surface area contributed by atoms with Crippen molar-refractivity contribution < 1.29 is 9.53 Å². The summed E-state index contributed by atoms with van der Waals surface area (Å²) in [7, 11) is 0. The molecular weight excluding hydrogens is 464 g/mol. The van der Waals surface area contributed by atoms with Gasteiger partial charge in [0.1, 0.15) is 12.4 Å². The highest BCUT2D eigenvalue weighted by atomic mass is 32.2. The van der Waals surface area contributed by atoms with Crippen molar-refractivity contribution in [2.45, 2.75) is 16.6 Å². The number of nitrogens with zero attached hydrogens (tertiary/aromatic N) is 3. The van der Waals surface area contributed by atoms with E-state index >= 15 is 0 Å². The van der Waals surface area contributed by atoms with E-state index in [1.54, 1.807) is 35.6 Å². The Hall–Kier alpha value is -3.62. The number of hydrogen-bond donors (Lipinski definition) is 1. The van der Waals surface area contributed by atoms with Gasteiger partial charge in [-0.05, 0) is 42.0 Å². The third kappa shape index (κ3) is 5.47. The first-order chi connectivity index (χ1) is 16.7. The summed E-state index contributed by atoms with van der Waals surface area (Å²) in [4.78, 5) is 21.5. The molecule has 0 aliphatic rings. The molecule has 0 atom stereocenters. The molecule has 2 aromatic heterocycles. The summed E-state index contributed by atoms with van der Waals surface area (Å²) in [6.07, 6.45) is 5.37.